The van der Waals surface area contributed by atoms with Gasteiger partial charge < -0.3 is 14.3 Å². The summed E-state index contributed by atoms with van der Waals surface area (Å²) in [6.07, 6.45) is 1.54. The molecule has 0 saturated carbocycles. The summed E-state index contributed by atoms with van der Waals surface area (Å²) < 4.78 is 24.0. The monoisotopic (exact) mass is 289 g/mol. The van der Waals surface area contributed by atoms with Gasteiger partial charge in [0, 0.05) is 6.07 Å². The largest absolute Gasteiger partial charge is 0.488 e. The average molecular weight is 289 g/mol. The molecule has 0 amide bonds. The Kier molecular flexibility index (Phi) is 5.58. The molecule has 21 heavy (non-hydrogen) atoms. The van der Waals surface area contributed by atoms with Gasteiger partial charge in [0.05, 0.1) is 6.21 Å². The van der Waals surface area contributed by atoms with Gasteiger partial charge in [-0.05, 0) is 43.3 Å². The first kappa shape index (κ1) is 14.8. The second-order valence-electron chi connectivity index (χ2n) is 4.05. The Balaban J connectivity index is 1.87. The maximum absolute atomic E-state index is 13.0. The third-order valence-corrected chi connectivity index (χ3v) is 2.46. The molecular formula is C16H16FNO3. The fourth-order valence-electron chi connectivity index (χ4n) is 1.56. The molecule has 0 unspecified atom stereocenters. The van der Waals surface area contributed by atoms with Crippen LogP contribution in [0.3, 0.4) is 0 Å². The molecule has 0 heterocycles. The van der Waals surface area contributed by atoms with E-state index in [-0.39, 0.29) is 5.82 Å². The Hall–Kier alpha value is -2.56. The summed E-state index contributed by atoms with van der Waals surface area (Å²) in [5.74, 6) is 1.41. The summed E-state index contributed by atoms with van der Waals surface area (Å²) in [6, 6.07) is 13.0. The summed E-state index contributed by atoms with van der Waals surface area (Å²) in [7, 11) is 0. The van der Waals surface area contributed by atoms with Gasteiger partial charge in [-0.25, -0.2) is 4.39 Å². The van der Waals surface area contributed by atoms with Crippen molar-refractivity contribution in [3.63, 3.8) is 0 Å². The van der Waals surface area contributed by atoms with Crippen molar-refractivity contribution in [3.8, 4) is 17.2 Å². The number of benzene rings is 2. The molecule has 0 N–H and O–H groups in total. The minimum absolute atomic E-state index is 0.324. The van der Waals surface area contributed by atoms with Gasteiger partial charge in [0.1, 0.15) is 36.3 Å². The van der Waals surface area contributed by atoms with E-state index in [0.29, 0.717) is 30.5 Å². The van der Waals surface area contributed by atoms with E-state index in [9.17, 15) is 4.39 Å². The molecule has 0 bridgehead atoms. The lowest BCUT2D eigenvalue weighted by atomic mass is 10.3. The van der Waals surface area contributed by atoms with Gasteiger partial charge in [-0.2, -0.15) is 0 Å². The number of rotatable bonds is 7. The van der Waals surface area contributed by atoms with Gasteiger partial charge in [0.25, 0.3) is 0 Å². The van der Waals surface area contributed by atoms with Crippen LogP contribution in [0.15, 0.2) is 53.7 Å². The minimum Gasteiger partial charge on any atom is -0.488 e. The highest BCUT2D eigenvalue weighted by atomic mass is 19.1. The number of halogens is 1. The van der Waals surface area contributed by atoms with E-state index in [2.05, 4.69) is 5.16 Å². The van der Waals surface area contributed by atoms with Crippen LogP contribution < -0.4 is 9.47 Å². The van der Waals surface area contributed by atoms with Crippen LogP contribution in [0.2, 0.25) is 0 Å². The highest BCUT2D eigenvalue weighted by Gasteiger charge is 1.99. The number of nitrogens with zero attached hydrogens (tertiary/aromatic N) is 1. The minimum atomic E-state index is -0.332. The van der Waals surface area contributed by atoms with Crippen molar-refractivity contribution >= 4 is 6.21 Å². The molecule has 0 fully saturated rings. The van der Waals surface area contributed by atoms with E-state index >= 15 is 0 Å². The van der Waals surface area contributed by atoms with Crippen molar-refractivity contribution in [2.24, 2.45) is 5.16 Å². The molecule has 0 spiro atoms. The molecular weight excluding hydrogens is 273 g/mol. The quantitative estimate of drug-likeness (QED) is 0.571. The smallest absolute Gasteiger partial charge is 0.130 e. The fourth-order valence-corrected chi connectivity index (χ4v) is 1.56. The first-order valence-corrected chi connectivity index (χ1v) is 6.58. The molecule has 0 aliphatic heterocycles. The van der Waals surface area contributed by atoms with E-state index < -0.39 is 0 Å². The highest BCUT2D eigenvalue weighted by molar-refractivity contribution is 5.58. The third-order valence-electron chi connectivity index (χ3n) is 2.46. The van der Waals surface area contributed by atoms with Crippen LogP contribution in [0, 0.1) is 5.82 Å². The Labute approximate surface area is 122 Å². The zero-order chi connectivity index (χ0) is 14.9. The highest BCUT2D eigenvalue weighted by Crippen LogP contribution is 2.24. The summed E-state index contributed by atoms with van der Waals surface area (Å²) >= 11 is 0. The number of oxime groups is 1. The van der Waals surface area contributed by atoms with Crippen molar-refractivity contribution in [1.82, 2.24) is 0 Å². The van der Waals surface area contributed by atoms with E-state index in [4.69, 9.17) is 14.3 Å². The molecule has 0 saturated heterocycles. The molecule has 5 heteroatoms. The fraction of sp³-hybridized carbons (Fsp3) is 0.188. The molecule has 2 aromatic rings. The first-order chi connectivity index (χ1) is 10.3. The van der Waals surface area contributed by atoms with E-state index in [0.717, 1.165) is 0 Å². The van der Waals surface area contributed by atoms with Crippen LogP contribution >= 0.6 is 0 Å². The Bertz CT molecular complexity index is 584. The molecule has 0 aliphatic rings. The Morgan fingerprint density at radius 1 is 1.05 bits per heavy atom. The van der Waals surface area contributed by atoms with Crippen LogP contribution in [-0.2, 0) is 4.84 Å². The predicted molar refractivity (Wildman–Crippen MR) is 78.5 cm³/mol. The van der Waals surface area contributed by atoms with Gasteiger partial charge >= 0.3 is 0 Å². The Morgan fingerprint density at radius 3 is 2.52 bits per heavy atom. The van der Waals surface area contributed by atoms with Crippen molar-refractivity contribution in [2.75, 3.05) is 13.2 Å². The molecule has 110 valence electrons. The van der Waals surface area contributed by atoms with Crippen LogP contribution in [0.4, 0.5) is 4.39 Å². The summed E-state index contributed by atoms with van der Waals surface area (Å²) in [6.45, 7) is 2.71. The van der Waals surface area contributed by atoms with Crippen molar-refractivity contribution in [1.29, 1.82) is 0 Å². The number of hydrogen-bond donors (Lipinski definition) is 0. The molecule has 4 nitrogen and oxygen atoms in total. The lowest BCUT2D eigenvalue weighted by molar-refractivity contribution is 0.158. The van der Waals surface area contributed by atoms with Crippen LogP contribution in [0.1, 0.15) is 6.92 Å². The van der Waals surface area contributed by atoms with Crippen LogP contribution in [-0.4, -0.2) is 19.4 Å². The van der Waals surface area contributed by atoms with Gasteiger partial charge in [-0.15, -0.1) is 0 Å². The molecule has 2 rings (SSSR count). The topological polar surface area (TPSA) is 40.0 Å². The van der Waals surface area contributed by atoms with Crippen LogP contribution in [0.5, 0.6) is 17.2 Å². The van der Waals surface area contributed by atoms with E-state index in [1.165, 1.54) is 12.1 Å². The maximum atomic E-state index is 13.0. The SMILES string of the molecule is CCO/N=C/COc1ccc(Oc2cccc(F)c2)cc1. The van der Waals surface area contributed by atoms with Gasteiger partial charge in [0.15, 0.2) is 0 Å². The maximum Gasteiger partial charge on any atom is 0.130 e. The summed E-state index contributed by atoms with van der Waals surface area (Å²) in [5.41, 5.74) is 0. The third kappa shape index (κ3) is 5.14. The van der Waals surface area contributed by atoms with Crippen molar-refractivity contribution < 1.29 is 18.7 Å². The zero-order valence-corrected chi connectivity index (χ0v) is 11.7. The first-order valence-electron chi connectivity index (χ1n) is 6.58. The lowest BCUT2D eigenvalue weighted by Crippen LogP contribution is -1.98. The van der Waals surface area contributed by atoms with Crippen LogP contribution in [0.25, 0.3) is 0 Å². The molecule has 2 aromatic carbocycles. The molecule has 0 aromatic heterocycles. The molecule has 0 aliphatic carbocycles. The standard InChI is InChI=1S/C16H16FNO3/c1-2-20-18-10-11-19-14-6-8-15(9-7-14)21-16-5-3-4-13(17)12-16/h3-10,12H,2,11H2,1H3/b18-10+. The average Bonchev–Trinajstić information content (AvgIpc) is 2.49. The normalized spacial score (nSPS) is 10.6. The van der Waals surface area contributed by atoms with Gasteiger partial charge in [-0.3, -0.25) is 0 Å². The molecule has 0 radical (unpaired) electrons. The zero-order valence-electron chi connectivity index (χ0n) is 11.7. The van der Waals surface area contributed by atoms with Gasteiger partial charge in [-0.1, -0.05) is 11.2 Å². The number of hydrogen-bond acceptors (Lipinski definition) is 4. The Morgan fingerprint density at radius 2 is 1.81 bits per heavy atom. The van der Waals surface area contributed by atoms with Crippen molar-refractivity contribution in [2.45, 2.75) is 6.92 Å². The van der Waals surface area contributed by atoms with E-state index in [1.54, 1.807) is 42.6 Å². The lowest BCUT2D eigenvalue weighted by Gasteiger charge is -2.07. The number of ether oxygens (including phenoxy) is 2. The van der Waals surface area contributed by atoms with Crippen molar-refractivity contribution in [3.05, 3.63) is 54.3 Å². The van der Waals surface area contributed by atoms with E-state index in [1.807, 2.05) is 6.92 Å². The second kappa shape index (κ2) is 7.89. The summed E-state index contributed by atoms with van der Waals surface area (Å²) in [4.78, 5) is 4.81. The van der Waals surface area contributed by atoms with Gasteiger partial charge in [0.2, 0.25) is 0 Å². The summed E-state index contributed by atoms with van der Waals surface area (Å²) in [5, 5.41) is 3.68. The predicted octanol–water partition coefficient (Wildman–Crippen LogP) is 4.02. The molecule has 0 atom stereocenters. The second-order valence-corrected chi connectivity index (χ2v) is 4.05.